The summed E-state index contributed by atoms with van der Waals surface area (Å²) >= 11 is 0. The molecule has 21 heavy (non-hydrogen) atoms. The van der Waals surface area contributed by atoms with Gasteiger partial charge in [0.25, 0.3) is 0 Å². The number of benzene rings is 1. The summed E-state index contributed by atoms with van der Waals surface area (Å²) in [6.07, 6.45) is 5.15. The summed E-state index contributed by atoms with van der Waals surface area (Å²) in [5, 5.41) is 0. The van der Waals surface area contributed by atoms with Crippen LogP contribution in [0.4, 0.5) is 4.39 Å². The Morgan fingerprint density at radius 2 is 1.86 bits per heavy atom. The van der Waals surface area contributed by atoms with Crippen LogP contribution in [0.3, 0.4) is 0 Å². The van der Waals surface area contributed by atoms with E-state index in [1.54, 1.807) is 18.6 Å². The number of rotatable bonds is 4. The molecule has 0 unspecified atom stereocenters. The van der Waals surface area contributed by atoms with Gasteiger partial charge >= 0.3 is 0 Å². The predicted molar refractivity (Wildman–Crippen MR) is 81.4 cm³/mol. The number of carbonyl (C=O) groups is 1. The Hall–Kier alpha value is -2.49. The maximum absolute atomic E-state index is 13.0. The van der Waals surface area contributed by atoms with Crippen LogP contribution in [0.5, 0.6) is 0 Å². The van der Waals surface area contributed by atoms with E-state index in [0.29, 0.717) is 11.1 Å². The van der Waals surface area contributed by atoms with E-state index in [4.69, 9.17) is 0 Å². The number of aryl methyl sites for hydroxylation is 1. The number of nitrogens with zero attached hydrogens (tertiary/aromatic N) is 2. The van der Waals surface area contributed by atoms with Crippen LogP contribution in [-0.2, 0) is 0 Å². The molecule has 0 N–H and O–H groups in total. The van der Waals surface area contributed by atoms with Crippen molar-refractivity contribution >= 4 is 11.4 Å². The third-order valence-electron chi connectivity index (χ3n) is 3.05. The van der Waals surface area contributed by atoms with Crippen LogP contribution in [0.15, 0.2) is 48.9 Å². The summed E-state index contributed by atoms with van der Waals surface area (Å²) in [4.78, 5) is 18.6. The summed E-state index contributed by atoms with van der Waals surface area (Å²) in [6, 6.07) is 7.39. The SMILES string of the molecule is Cc1cnccc1C(=CN(C)C)C(=O)c1ccc(F)cc1. The molecule has 0 aliphatic rings. The number of aromatic nitrogens is 1. The molecule has 1 heterocycles. The van der Waals surface area contributed by atoms with Crippen molar-refractivity contribution in [2.45, 2.75) is 6.92 Å². The van der Waals surface area contributed by atoms with Crippen LogP contribution in [0.25, 0.3) is 5.57 Å². The normalized spacial score (nSPS) is 11.3. The lowest BCUT2D eigenvalue weighted by Crippen LogP contribution is -2.10. The van der Waals surface area contributed by atoms with Crippen molar-refractivity contribution < 1.29 is 9.18 Å². The van der Waals surface area contributed by atoms with E-state index in [9.17, 15) is 9.18 Å². The standard InChI is InChI=1S/C17H17FN2O/c1-12-10-19-9-8-15(12)16(11-20(2)3)17(21)13-4-6-14(18)7-5-13/h4-11H,1-3H3. The van der Waals surface area contributed by atoms with E-state index in [0.717, 1.165) is 11.1 Å². The van der Waals surface area contributed by atoms with Gasteiger partial charge < -0.3 is 4.90 Å². The van der Waals surface area contributed by atoms with Crippen molar-refractivity contribution in [3.05, 3.63) is 71.4 Å². The lowest BCUT2D eigenvalue weighted by molar-refractivity contribution is 0.105. The molecule has 1 aromatic carbocycles. The van der Waals surface area contributed by atoms with Gasteiger partial charge in [-0.05, 0) is 48.4 Å². The highest BCUT2D eigenvalue weighted by Gasteiger charge is 2.16. The largest absolute Gasteiger partial charge is 0.383 e. The lowest BCUT2D eigenvalue weighted by atomic mass is 9.95. The maximum atomic E-state index is 13.0. The predicted octanol–water partition coefficient (Wildman–Crippen LogP) is 3.31. The first-order valence-electron chi connectivity index (χ1n) is 6.58. The first kappa shape index (κ1) is 14.9. The zero-order chi connectivity index (χ0) is 15.4. The minimum atomic E-state index is -0.357. The Balaban J connectivity index is 2.49. The fraction of sp³-hybridized carbons (Fsp3) is 0.176. The second kappa shape index (κ2) is 6.31. The molecule has 0 saturated carbocycles. The molecule has 2 rings (SSSR count). The summed E-state index contributed by atoms with van der Waals surface area (Å²) < 4.78 is 13.0. The van der Waals surface area contributed by atoms with Gasteiger partial charge in [0.05, 0.1) is 0 Å². The van der Waals surface area contributed by atoms with Gasteiger partial charge in [0.1, 0.15) is 5.82 Å². The highest BCUT2D eigenvalue weighted by Crippen LogP contribution is 2.23. The van der Waals surface area contributed by atoms with Crippen LogP contribution in [0, 0.1) is 12.7 Å². The van der Waals surface area contributed by atoms with E-state index >= 15 is 0 Å². The molecule has 0 amide bonds. The molecular weight excluding hydrogens is 267 g/mol. The second-order valence-electron chi connectivity index (χ2n) is 5.03. The van der Waals surface area contributed by atoms with Gasteiger partial charge in [-0.2, -0.15) is 0 Å². The minimum absolute atomic E-state index is 0.141. The van der Waals surface area contributed by atoms with Crippen molar-refractivity contribution in [2.75, 3.05) is 14.1 Å². The average Bonchev–Trinajstić information content (AvgIpc) is 2.45. The molecule has 0 spiro atoms. The third kappa shape index (κ3) is 3.54. The van der Waals surface area contributed by atoms with Gasteiger partial charge in [-0.3, -0.25) is 9.78 Å². The van der Waals surface area contributed by atoms with Crippen molar-refractivity contribution in [2.24, 2.45) is 0 Å². The van der Waals surface area contributed by atoms with Crippen molar-refractivity contribution in [3.8, 4) is 0 Å². The van der Waals surface area contributed by atoms with Crippen LogP contribution in [0.2, 0.25) is 0 Å². The molecule has 0 aliphatic carbocycles. The smallest absolute Gasteiger partial charge is 0.195 e. The second-order valence-corrected chi connectivity index (χ2v) is 5.03. The van der Waals surface area contributed by atoms with E-state index in [-0.39, 0.29) is 11.6 Å². The topological polar surface area (TPSA) is 33.2 Å². The molecule has 108 valence electrons. The van der Waals surface area contributed by atoms with Gasteiger partial charge in [-0.1, -0.05) is 0 Å². The van der Waals surface area contributed by atoms with Crippen LogP contribution in [0.1, 0.15) is 21.5 Å². The maximum Gasteiger partial charge on any atom is 0.195 e. The number of ketones is 1. The number of Topliss-reactive ketones (excluding diaryl/α,β-unsaturated/α-hetero) is 1. The number of halogens is 1. The Labute approximate surface area is 123 Å². The van der Waals surface area contributed by atoms with Crippen molar-refractivity contribution in [1.82, 2.24) is 9.88 Å². The molecule has 2 aromatic rings. The quantitative estimate of drug-likeness (QED) is 0.638. The summed E-state index contributed by atoms with van der Waals surface area (Å²) in [5.41, 5.74) is 2.77. The first-order chi connectivity index (χ1) is 9.99. The summed E-state index contributed by atoms with van der Waals surface area (Å²) in [6.45, 7) is 1.91. The molecule has 0 radical (unpaired) electrons. The average molecular weight is 284 g/mol. The highest BCUT2D eigenvalue weighted by atomic mass is 19.1. The van der Waals surface area contributed by atoms with Gasteiger partial charge in [0, 0.05) is 43.8 Å². The fourth-order valence-corrected chi connectivity index (χ4v) is 2.04. The fourth-order valence-electron chi connectivity index (χ4n) is 2.04. The minimum Gasteiger partial charge on any atom is -0.383 e. The van der Waals surface area contributed by atoms with Crippen molar-refractivity contribution in [1.29, 1.82) is 0 Å². The Morgan fingerprint density at radius 3 is 2.43 bits per heavy atom. The van der Waals surface area contributed by atoms with Crippen LogP contribution < -0.4 is 0 Å². The number of allylic oxidation sites excluding steroid dienone is 1. The molecule has 0 saturated heterocycles. The number of hydrogen-bond donors (Lipinski definition) is 0. The molecule has 1 aromatic heterocycles. The Bertz CT molecular complexity index is 675. The van der Waals surface area contributed by atoms with E-state index in [2.05, 4.69) is 4.98 Å². The van der Waals surface area contributed by atoms with E-state index in [1.165, 1.54) is 24.3 Å². The summed E-state index contributed by atoms with van der Waals surface area (Å²) in [7, 11) is 3.71. The Morgan fingerprint density at radius 1 is 1.19 bits per heavy atom. The van der Waals surface area contributed by atoms with Gasteiger partial charge in [0.15, 0.2) is 5.78 Å². The zero-order valence-electron chi connectivity index (χ0n) is 12.3. The van der Waals surface area contributed by atoms with Crippen LogP contribution >= 0.6 is 0 Å². The molecule has 3 nitrogen and oxygen atoms in total. The molecule has 0 atom stereocenters. The van der Waals surface area contributed by atoms with Gasteiger partial charge in [-0.15, -0.1) is 0 Å². The molecule has 0 fully saturated rings. The zero-order valence-corrected chi connectivity index (χ0v) is 12.3. The number of hydrogen-bond acceptors (Lipinski definition) is 3. The van der Waals surface area contributed by atoms with Crippen molar-refractivity contribution in [3.63, 3.8) is 0 Å². The molecular formula is C17H17FN2O. The van der Waals surface area contributed by atoms with E-state index < -0.39 is 0 Å². The molecule has 0 bridgehead atoms. The molecule has 4 heteroatoms. The third-order valence-corrected chi connectivity index (χ3v) is 3.05. The number of carbonyl (C=O) groups excluding carboxylic acids is 1. The lowest BCUT2D eigenvalue weighted by Gasteiger charge is -2.13. The van der Waals surface area contributed by atoms with Gasteiger partial charge in [0.2, 0.25) is 0 Å². The Kier molecular flexibility index (Phi) is 4.48. The van der Waals surface area contributed by atoms with E-state index in [1.807, 2.05) is 32.0 Å². The molecule has 0 aliphatic heterocycles. The first-order valence-corrected chi connectivity index (χ1v) is 6.58. The highest BCUT2D eigenvalue weighted by molar-refractivity contribution is 6.29. The monoisotopic (exact) mass is 284 g/mol. The summed E-state index contributed by atoms with van der Waals surface area (Å²) in [5.74, 6) is -0.497. The van der Waals surface area contributed by atoms with Gasteiger partial charge in [-0.25, -0.2) is 4.39 Å². The number of pyridine rings is 1. The van der Waals surface area contributed by atoms with Crippen LogP contribution in [-0.4, -0.2) is 29.8 Å².